The minimum Gasteiger partial charge on any atom is -0.461 e. The molecule has 0 radical (unpaired) electrons. The summed E-state index contributed by atoms with van der Waals surface area (Å²) in [5, 5.41) is 3.84. The Morgan fingerprint density at radius 2 is 1.95 bits per heavy atom. The number of ether oxygens (including phenoxy) is 1. The van der Waals surface area contributed by atoms with Gasteiger partial charge in [-0.25, -0.2) is 0 Å². The minimum atomic E-state index is 0.0646. The largest absolute Gasteiger partial charge is 0.461 e. The van der Waals surface area contributed by atoms with Crippen LogP contribution in [-0.2, 0) is 0 Å². The van der Waals surface area contributed by atoms with Crippen LogP contribution in [-0.4, -0.2) is 33.4 Å². The number of rotatable bonds is 9. The van der Waals surface area contributed by atoms with Crippen molar-refractivity contribution in [3.8, 4) is 6.01 Å². The predicted octanol–water partition coefficient (Wildman–Crippen LogP) is 3.37. The van der Waals surface area contributed by atoms with E-state index in [9.17, 15) is 0 Å². The monoisotopic (exact) mass is 284 g/mol. The molecule has 1 heterocycles. The summed E-state index contributed by atoms with van der Waals surface area (Å²) < 4.78 is 5.55. The van der Waals surface area contributed by atoms with Crippen LogP contribution in [0.3, 0.4) is 0 Å². The first-order valence-electron chi connectivity index (χ1n) is 6.95. The van der Waals surface area contributed by atoms with Crippen LogP contribution >= 0.6 is 11.8 Å². The summed E-state index contributed by atoms with van der Waals surface area (Å²) in [6.45, 7) is 8.92. The van der Waals surface area contributed by atoms with Crippen LogP contribution in [0.15, 0.2) is 5.16 Å². The molecular formula is C13H24N4OS. The average Bonchev–Trinajstić information content (AvgIpc) is 2.34. The molecule has 108 valence electrons. The fourth-order valence-corrected chi connectivity index (χ4v) is 2.24. The van der Waals surface area contributed by atoms with Gasteiger partial charge in [0.15, 0.2) is 5.16 Å². The normalized spacial score (nSPS) is 10.8. The topological polar surface area (TPSA) is 59.9 Å². The average molecular weight is 284 g/mol. The molecule has 0 amide bonds. The molecule has 5 nitrogen and oxygen atoms in total. The summed E-state index contributed by atoms with van der Waals surface area (Å²) in [5.74, 6) is 1.62. The summed E-state index contributed by atoms with van der Waals surface area (Å²) in [7, 11) is 0. The van der Waals surface area contributed by atoms with Crippen molar-refractivity contribution in [2.45, 2.75) is 58.2 Å². The van der Waals surface area contributed by atoms with Gasteiger partial charge >= 0.3 is 6.01 Å². The summed E-state index contributed by atoms with van der Waals surface area (Å²) >= 11 is 1.66. The number of hydrogen-bond acceptors (Lipinski definition) is 6. The predicted molar refractivity (Wildman–Crippen MR) is 80.0 cm³/mol. The Balaban J connectivity index is 2.68. The minimum absolute atomic E-state index is 0.0646. The van der Waals surface area contributed by atoms with E-state index >= 15 is 0 Å². The third-order valence-electron chi connectivity index (χ3n) is 2.25. The van der Waals surface area contributed by atoms with Crippen molar-refractivity contribution in [2.24, 2.45) is 0 Å². The maximum absolute atomic E-state index is 5.55. The Bertz CT molecular complexity index is 374. The Kier molecular flexibility index (Phi) is 7.55. The van der Waals surface area contributed by atoms with Gasteiger partial charge in [0.2, 0.25) is 5.95 Å². The SMILES string of the molecule is CCCCCSc1nc(NCC)nc(OC(C)C)n1. The van der Waals surface area contributed by atoms with E-state index in [0.717, 1.165) is 17.5 Å². The highest BCUT2D eigenvalue weighted by Crippen LogP contribution is 2.19. The van der Waals surface area contributed by atoms with Crippen LogP contribution in [0.2, 0.25) is 0 Å². The van der Waals surface area contributed by atoms with E-state index < -0.39 is 0 Å². The zero-order chi connectivity index (χ0) is 14.1. The molecule has 0 saturated heterocycles. The number of hydrogen-bond donors (Lipinski definition) is 1. The lowest BCUT2D eigenvalue weighted by atomic mass is 10.3. The summed E-state index contributed by atoms with van der Waals surface area (Å²) in [6, 6.07) is 0.402. The molecule has 19 heavy (non-hydrogen) atoms. The molecule has 0 bridgehead atoms. The third-order valence-corrected chi connectivity index (χ3v) is 3.18. The van der Waals surface area contributed by atoms with Crippen molar-refractivity contribution in [3.05, 3.63) is 0 Å². The van der Waals surface area contributed by atoms with Crippen molar-refractivity contribution in [3.63, 3.8) is 0 Å². The molecule has 6 heteroatoms. The smallest absolute Gasteiger partial charge is 0.322 e. The summed E-state index contributed by atoms with van der Waals surface area (Å²) in [6.07, 6.45) is 3.72. The molecule has 0 aliphatic rings. The Labute approximate surface area is 120 Å². The van der Waals surface area contributed by atoms with Crippen LogP contribution in [0.4, 0.5) is 5.95 Å². The third kappa shape index (κ3) is 6.61. The first-order chi connectivity index (χ1) is 9.15. The van der Waals surface area contributed by atoms with E-state index in [4.69, 9.17) is 4.74 Å². The first-order valence-corrected chi connectivity index (χ1v) is 7.93. The van der Waals surface area contributed by atoms with Crippen LogP contribution in [0.5, 0.6) is 6.01 Å². The van der Waals surface area contributed by atoms with Gasteiger partial charge < -0.3 is 10.1 Å². The van der Waals surface area contributed by atoms with E-state index in [1.54, 1.807) is 11.8 Å². The fourth-order valence-electron chi connectivity index (χ4n) is 1.42. The second-order valence-electron chi connectivity index (χ2n) is 4.48. The van der Waals surface area contributed by atoms with E-state index in [0.29, 0.717) is 12.0 Å². The number of unbranched alkanes of at least 4 members (excludes halogenated alkanes) is 2. The van der Waals surface area contributed by atoms with Crippen LogP contribution in [0.25, 0.3) is 0 Å². The van der Waals surface area contributed by atoms with Gasteiger partial charge in [0.1, 0.15) is 0 Å². The van der Waals surface area contributed by atoms with E-state index in [-0.39, 0.29) is 6.10 Å². The summed E-state index contributed by atoms with van der Waals surface area (Å²) in [5.41, 5.74) is 0. The Morgan fingerprint density at radius 3 is 2.58 bits per heavy atom. The second kappa shape index (κ2) is 8.96. The lowest BCUT2D eigenvalue weighted by molar-refractivity contribution is 0.219. The van der Waals surface area contributed by atoms with Crippen molar-refractivity contribution >= 4 is 17.7 Å². The maximum Gasteiger partial charge on any atom is 0.322 e. The van der Waals surface area contributed by atoms with Crippen molar-refractivity contribution in [1.82, 2.24) is 15.0 Å². The molecule has 1 rings (SSSR count). The molecule has 0 unspecified atom stereocenters. The molecule has 0 atom stereocenters. The van der Waals surface area contributed by atoms with Gasteiger partial charge in [-0.3, -0.25) is 0 Å². The quantitative estimate of drug-likeness (QED) is 0.554. The number of nitrogens with one attached hydrogen (secondary N) is 1. The van der Waals surface area contributed by atoms with Gasteiger partial charge in [-0.05, 0) is 27.2 Å². The molecule has 1 aromatic heterocycles. The maximum atomic E-state index is 5.55. The number of thioether (sulfide) groups is 1. The lowest BCUT2D eigenvalue weighted by Crippen LogP contribution is -2.12. The molecule has 0 aliphatic heterocycles. The first kappa shape index (κ1) is 16.0. The fraction of sp³-hybridized carbons (Fsp3) is 0.769. The highest BCUT2D eigenvalue weighted by Gasteiger charge is 2.09. The Morgan fingerprint density at radius 1 is 1.16 bits per heavy atom. The van der Waals surface area contributed by atoms with Gasteiger partial charge in [-0.15, -0.1) is 0 Å². The molecular weight excluding hydrogens is 260 g/mol. The highest BCUT2D eigenvalue weighted by molar-refractivity contribution is 7.99. The van der Waals surface area contributed by atoms with Gasteiger partial charge in [-0.2, -0.15) is 15.0 Å². The molecule has 0 aliphatic carbocycles. The number of aromatic nitrogens is 3. The van der Waals surface area contributed by atoms with Gasteiger partial charge in [-0.1, -0.05) is 31.5 Å². The van der Waals surface area contributed by atoms with Gasteiger partial charge in [0.25, 0.3) is 0 Å². The zero-order valence-corrected chi connectivity index (χ0v) is 13.1. The molecule has 1 N–H and O–H groups in total. The van der Waals surface area contributed by atoms with Gasteiger partial charge in [0.05, 0.1) is 6.10 Å². The molecule has 1 aromatic rings. The van der Waals surface area contributed by atoms with Crippen molar-refractivity contribution < 1.29 is 4.74 Å². The molecule has 0 spiro atoms. The van der Waals surface area contributed by atoms with E-state index in [1.165, 1.54) is 19.3 Å². The lowest BCUT2D eigenvalue weighted by Gasteiger charge is -2.10. The van der Waals surface area contributed by atoms with Crippen LogP contribution in [0.1, 0.15) is 47.0 Å². The number of anilines is 1. The zero-order valence-electron chi connectivity index (χ0n) is 12.3. The number of nitrogens with zero attached hydrogens (tertiary/aromatic N) is 3. The molecule has 0 aromatic carbocycles. The Hall–Kier alpha value is -1.04. The van der Waals surface area contributed by atoms with Crippen molar-refractivity contribution in [2.75, 3.05) is 17.6 Å². The van der Waals surface area contributed by atoms with Crippen LogP contribution < -0.4 is 10.1 Å². The van der Waals surface area contributed by atoms with E-state index in [1.807, 2.05) is 20.8 Å². The van der Waals surface area contributed by atoms with Crippen LogP contribution in [0, 0.1) is 0 Å². The molecule has 0 fully saturated rings. The summed E-state index contributed by atoms with van der Waals surface area (Å²) in [4.78, 5) is 12.9. The van der Waals surface area contributed by atoms with E-state index in [2.05, 4.69) is 27.2 Å². The van der Waals surface area contributed by atoms with Gasteiger partial charge in [0, 0.05) is 12.3 Å². The molecule has 0 saturated carbocycles. The standard InChI is InChI=1S/C13H24N4OS/c1-5-7-8-9-19-13-16-11(14-6-2)15-12(17-13)18-10(3)4/h10H,5-9H2,1-4H3,(H,14,15,16,17). The second-order valence-corrected chi connectivity index (χ2v) is 5.54. The van der Waals surface area contributed by atoms with Crippen molar-refractivity contribution in [1.29, 1.82) is 0 Å². The highest BCUT2D eigenvalue weighted by atomic mass is 32.2.